The molecule has 1 unspecified atom stereocenters. The van der Waals surface area contributed by atoms with Gasteiger partial charge in [0.1, 0.15) is 0 Å². The van der Waals surface area contributed by atoms with Crippen LogP contribution in [0.3, 0.4) is 0 Å². The molecule has 0 spiro atoms. The van der Waals surface area contributed by atoms with E-state index in [0.29, 0.717) is 6.04 Å². The molecule has 2 nitrogen and oxygen atoms in total. The van der Waals surface area contributed by atoms with E-state index in [1.54, 1.807) is 0 Å². The molecule has 2 heteroatoms. The third kappa shape index (κ3) is 1.86. The number of hydrogen-bond donors (Lipinski definition) is 1. The van der Waals surface area contributed by atoms with Crippen molar-refractivity contribution < 1.29 is 0 Å². The van der Waals surface area contributed by atoms with Crippen molar-refractivity contribution in [3.8, 4) is 0 Å². The van der Waals surface area contributed by atoms with Crippen LogP contribution in [0.4, 0.5) is 5.69 Å². The molecular formula is C13H20N2. The number of benzene rings is 1. The van der Waals surface area contributed by atoms with Crippen molar-refractivity contribution in [3.05, 3.63) is 29.3 Å². The zero-order chi connectivity index (χ0) is 10.8. The molecule has 0 radical (unpaired) electrons. The van der Waals surface area contributed by atoms with Crippen molar-refractivity contribution in [2.24, 2.45) is 0 Å². The third-order valence-electron chi connectivity index (χ3n) is 3.29. The van der Waals surface area contributed by atoms with E-state index in [9.17, 15) is 0 Å². The van der Waals surface area contributed by atoms with Gasteiger partial charge in [0.05, 0.1) is 0 Å². The predicted molar refractivity (Wildman–Crippen MR) is 65.5 cm³/mol. The average molecular weight is 204 g/mol. The monoisotopic (exact) mass is 204 g/mol. The summed E-state index contributed by atoms with van der Waals surface area (Å²) in [5.41, 5.74) is 4.40. The molecule has 0 saturated carbocycles. The maximum absolute atomic E-state index is 3.43. The lowest BCUT2D eigenvalue weighted by Gasteiger charge is -2.30. The van der Waals surface area contributed by atoms with Gasteiger partial charge >= 0.3 is 0 Å². The molecule has 1 N–H and O–H groups in total. The van der Waals surface area contributed by atoms with Crippen LogP contribution in [0.15, 0.2) is 18.2 Å². The molecule has 2 rings (SSSR count). The summed E-state index contributed by atoms with van der Waals surface area (Å²) in [5, 5.41) is 3.43. The summed E-state index contributed by atoms with van der Waals surface area (Å²) in [7, 11) is 6.31. The first-order valence-corrected chi connectivity index (χ1v) is 5.70. The van der Waals surface area contributed by atoms with E-state index < -0.39 is 0 Å². The Morgan fingerprint density at radius 3 is 2.80 bits per heavy atom. The Morgan fingerprint density at radius 2 is 2.13 bits per heavy atom. The van der Waals surface area contributed by atoms with Crippen LogP contribution in [0.2, 0.25) is 0 Å². The molecule has 15 heavy (non-hydrogen) atoms. The molecule has 1 aliphatic carbocycles. The van der Waals surface area contributed by atoms with E-state index in [2.05, 4.69) is 49.6 Å². The summed E-state index contributed by atoms with van der Waals surface area (Å²) in [4.78, 5) is 2.22. The standard InChI is InChI=1S/C13H20N2/c1-14-11-8-4-6-10-7-5-9-12(13(10)11)15(2)3/h5,7,9,11,14H,4,6,8H2,1-3H3. The van der Waals surface area contributed by atoms with Crippen LogP contribution in [0.5, 0.6) is 0 Å². The quantitative estimate of drug-likeness (QED) is 0.795. The first-order valence-electron chi connectivity index (χ1n) is 5.70. The average Bonchev–Trinajstić information content (AvgIpc) is 2.27. The van der Waals surface area contributed by atoms with E-state index >= 15 is 0 Å². The Kier molecular flexibility index (Phi) is 2.96. The predicted octanol–water partition coefficient (Wildman–Crippen LogP) is 2.35. The molecule has 0 saturated heterocycles. The Bertz CT molecular complexity index is 344. The van der Waals surface area contributed by atoms with Gasteiger partial charge in [-0.25, -0.2) is 0 Å². The normalized spacial score (nSPS) is 19.8. The summed E-state index contributed by atoms with van der Waals surface area (Å²) in [6, 6.07) is 7.19. The summed E-state index contributed by atoms with van der Waals surface area (Å²) in [6.07, 6.45) is 3.79. The minimum absolute atomic E-state index is 0.535. The maximum atomic E-state index is 3.43. The Morgan fingerprint density at radius 1 is 1.33 bits per heavy atom. The van der Waals surface area contributed by atoms with E-state index in [0.717, 1.165) is 0 Å². The Balaban J connectivity index is 2.49. The van der Waals surface area contributed by atoms with Gasteiger partial charge in [-0.3, -0.25) is 0 Å². The van der Waals surface area contributed by atoms with Crippen molar-refractivity contribution in [1.29, 1.82) is 0 Å². The van der Waals surface area contributed by atoms with Crippen molar-refractivity contribution in [2.75, 3.05) is 26.0 Å². The summed E-state index contributed by atoms with van der Waals surface area (Å²) < 4.78 is 0. The molecular weight excluding hydrogens is 184 g/mol. The second-order valence-corrected chi connectivity index (χ2v) is 4.48. The number of hydrogen-bond acceptors (Lipinski definition) is 2. The second kappa shape index (κ2) is 4.23. The van der Waals surface area contributed by atoms with Gasteiger partial charge in [0, 0.05) is 25.8 Å². The minimum atomic E-state index is 0.535. The fraction of sp³-hybridized carbons (Fsp3) is 0.538. The van der Waals surface area contributed by atoms with Gasteiger partial charge in [0.2, 0.25) is 0 Å². The highest BCUT2D eigenvalue weighted by Crippen LogP contribution is 2.35. The Hall–Kier alpha value is -1.02. The van der Waals surface area contributed by atoms with E-state index in [4.69, 9.17) is 0 Å². The van der Waals surface area contributed by atoms with Crippen LogP contribution in [0.25, 0.3) is 0 Å². The molecule has 0 heterocycles. The van der Waals surface area contributed by atoms with E-state index in [1.165, 1.54) is 36.1 Å². The fourth-order valence-electron chi connectivity index (χ4n) is 2.54. The highest BCUT2D eigenvalue weighted by molar-refractivity contribution is 5.58. The third-order valence-corrected chi connectivity index (χ3v) is 3.29. The molecule has 0 aromatic heterocycles. The SMILES string of the molecule is CNC1CCCc2cccc(N(C)C)c21. The van der Waals surface area contributed by atoms with Crippen LogP contribution >= 0.6 is 0 Å². The number of anilines is 1. The minimum Gasteiger partial charge on any atom is -0.377 e. The molecule has 0 fully saturated rings. The lowest BCUT2D eigenvalue weighted by Crippen LogP contribution is -2.25. The van der Waals surface area contributed by atoms with Gasteiger partial charge in [0.15, 0.2) is 0 Å². The van der Waals surface area contributed by atoms with Crippen LogP contribution in [0, 0.1) is 0 Å². The Labute approximate surface area is 92.3 Å². The lowest BCUT2D eigenvalue weighted by molar-refractivity contribution is 0.497. The van der Waals surface area contributed by atoms with Gasteiger partial charge in [-0.1, -0.05) is 12.1 Å². The van der Waals surface area contributed by atoms with Gasteiger partial charge in [-0.2, -0.15) is 0 Å². The fourth-order valence-corrected chi connectivity index (χ4v) is 2.54. The van der Waals surface area contributed by atoms with Crippen molar-refractivity contribution in [1.82, 2.24) is 5.32 Å². The summed E-state index contributed by atoms with van der Waals surface area (Å²) in [5.74, 6) is 0. The zero-order valence-corrected chi connectivity index (χ0v) is 9.88. The smallest absolute Gasteiger partial charge is 0.0412 e. The topological polar surface area (TPSA) is 15.3 Å². The van der Waals surface area contributed by atoms with Gasteiger partial charge < -0.3 is 10.2 Å². The molecule has 1 aromatic rings. The van der Waals surface area contributed by atoms with Crippen LogP contribution in [0.1, 0.15) is 30.0 Å². The van der Waals surface area contributed by atoms with Crippen LogP contribution < -0.4 is 10.2 Å². The van der Waals surface area contributed by atoms with Crippen LogP contribution in [-0.2, 0) is 6.42 Å². The number of nitrogens with zero attached hydrogens (tertiary/aromatic N) is 1. The van der Waals surface area contributed by atoms with Gasteiger partial charge in [-0.15, -0.1) is 0 Å². The highest BCUT2D eigenvalue weighted by atomic mass is 15.1. The number of aryl methyl sites for hydroxylation is 1. The molecule has 82 valence electrons. The van der Waals surface area contributed by atoms with Crippen molar-refractivity contribution in [2.45, 2.75) is 25.3 Å². The first-order chi connectivity index (χ1) is 7.24. The van der Waals surface area contributed by atoms with Gasteiger partial charge in [0.25, 0.3) is 0 Å². The molecule has 0 amide bonds. The van der Waals surface area contributed by atoms with E-state index in [-0.39, 0.29) is 0 Å². The van der Waals surface area contributed by atoms with Crippen molar-refractivity contribution >= 4 is 5.69 Å². The number of fused-ring (bicyclic) bond motifs is 1. The van der Waals surface area contributed by atoms with E-state index in [1.807, 2.05) is 0 Å². The number of nitrogens with one attached hydrogen (secondary N) is 1. The van der Waals surface area contributed by atoms with Crippen molar-refractivity contribution in [3.63, 3.8) is 0 Å². The molecule has 1 aromatic carbocycles. The zero-order valence-electron chi connectivity index (χ0n) is 9.88. The molecule has 0 aliphatic heterocycles. The lowest BCUT2D eigenvalue weighted by atomic mass is 9.86. The molecule has 1 atom stereocenters. The first kappa shape index (κ1) is 10.5. The maximum Gasteiger partial charge on any atom is 0.0412 e. The molecule has 0 bridgehead atoms. The van der Waals surface area contributed by atoms with Crippen LogP contribution in [-0.4, -0.2) is 21.1 Å². The highest BCUT2D eigenvalue weighted by Gasteiger charge is 2.22. The summed E-state index contributed by atoms with van der Waals surface area (Å²) in [6.45, 7) is 0. The summed E-state index contributed by atoms with van der Waals surface area (Å²) >= 11 is 0. The molecule has 1 aliphatic rings. The largest absolute Gasteiger partial charge is 0.377 e. The number of rotatable bonds is 2. The second-order valence-electron chi connectivity index (χ2n) is 4.48. The van der Waals surface area contributed by atoms with Gasteiger partial charge in [-0.05, 0) is 43.5 Å².